The molecule has 0 spiro atoms. The molecule has 0 bridgehead atoms. The molecular weight excluding hydrogens is 406 g/mol. The zero-order valence-electron chi connectivity index (χ0n) is 15.8. The van der Waals surface area contributed by atoms with E-state index in [2.05, 4.69) is 10.3 Å². The van der Waals surface area contributed by atoms with Crippen LogP contribution in [0.2, 0.25) is 5.02 Å². The number of piperidine rings is 1. The van der Waals surface area contributed by atoms with E-state index >= 15 is 0 Å². The Labute approximate surface area is 177 Å². The van der Waals surface area contributed by atoms with Gasteiger partial charge in [0.05, 0.1) is 21.9 Å². The van der Waals surface area contributed by atoms with Gasteiger partial charge in [-0.15, -0.1) is 0 Å². The monoisotopic (exact) mass is 427 g/mol. The van der Waals surface area contributed by atoms with Gasteiger partial charge in [0, 0.05) is 29.7 Å². The molecule has 2 aromatic heterocycles. The van der Waals surface area contributed by atoms with Gasteiger partial charge in [0.15, 0.2) is 16.6 Å². The van der Waals surface area contributed by atoms with Gasteiger partial charge < -0.3 is 10.7 Å². The van der Waals surface area contributed by atoms with Gasteiger partial charge in [-0.2, -0.15) is 0 Å². The summed E-state index contributed by atoms with van der Waals surface area (Å²) in [6, 6.07) is 13.1. The van der Waals surface area contributed by atoms with Crippen LogP contribution in [0.5, 0.6) is 0 Å². The Balaban J connectivity index is 1.80. The minimum absolute atomic E-state index is 0.248. The SMILES string of the molecule is N=CC(C=NC1CCNCC1)c1cc2c(Cl)ccnc2n1S(=O)c1ccccc1. The van der Waals surface area contributed by atoms with E-state index in [1.807, 2.05) is 36.4 Å². The van der Waals surface area contributed by atoms with Crippen LogP contribution in [0.25, 0.3) is 11.0 Å². The van der Waals surface area contributed by atoms with Crippen LogP contribution in [0, 0.1) is 5.41 Å². The smallest absolute Gasteiger partial charge is 0.158 e. The summed E-state index contributed by atoms with van der Waals surface area (Å²) in [7, 11) is -1.52. The van der Waals surface area contributed by atoms with Crippen molar-refractivity contribution in [1.29, 1.82) is 5.41 Å². The molecule has 1 saturated heterocycles. The molecule has 2 N–H and O–H groups in total. The van der Waals surface area contributed by atoms with Gasteiger partial charge in [0.2, 0.25) is 0 Å². The molecule has 29 heavy (non-hydrogen) atoms. The van der Waals surface area contributed by atoms with Crippen molar-refractivity contribution in [3.8, 4) is 0 Å². The van der Waals surface area contributed by atoms with Gasteiger partial charge in [-0.25, -0.2) is 13.2 Å². The highest BCUT2D eigenvalue weighted by atomic mass is 35.5. The number of aliphatic imine (C=N–C) groups is 1. The molecule has 3 aromatic rings. The summed E-state index contributed by atoms with van der Waals surface area (Å²) in [5, 5.41) is 12.6. The van der Waals surface area contributed by atoms with Crippen molar-refractivity contribution in [2.75, 3.05) is 13.1 Å². The number of hydrogen-bond donors (Lipinski definition) is 2. The van der Waals surface area contributed by atoms with Gasteiger partial charge in [0.1, 0.15) is 0 Å². The van der Waals surface area contributed by atoms with Crippen molar-refractivity contribution in [1.82, 2.24) is 14.3 Å². The lowest BCUT2D eigenvalue weighted by atomic mass is 10.1. The number of rotatable bonds is 6. The van der Waals surface area contributed by atoms with Crippen molar-refractivity contribution in [2.45, 2.75) is 29.7 Å². The Hall–Kier alpha value is -2.35. The van der Waals surface area contributed by atoms with Crippen molar-refractivity contribution in [2.24, 2.45) is 4.99 Å². The van der Waals surface area contributed by atoms with Crippen molar-refractivity contribution in [3.63, 3.8) is 0 Å². The van der Waals surface area contributed by atoms with E-state index in [-0.39, 0.29) is 6.04 Å². The first kappa shape index (κ1) is 19.9. The Morgan fingerprint density at radius 2 is 2.03 bits per heavy atom. The zero-order valence-corrected chi connectivity index (χ0v) is 17.4. The number of nitrogens with zero attached hydrogens (tertiary/aromatic N) is 3. The van der Waals surface area contributed by atoms with E-state index in [9.17, 15) is 4.21 Å². The molecule has 1 fully saturated rings. The number of hydrogen-bond acceptors (Lipinski definition) is 5. The minimum Gasteiger partial charge on any atom is -0.317 e. The van der Waals surface area contributed by atoms with E-state index < -0.39 is 16.9 Å². The Morgan fingerprint density at radius 1 is 1.28 bits per heavy atom. The number of fused-ring (bicyclic) bond motifs is 1. The number of aromatic nitrogens is 2. The number of pyridine rings is 1. The van der Waals surface area contributed by atoms with Gasteiger partial charge >= 0.3 is 0 Å². The molecular formula is C21H22ClN5OS. The first-order chi connectivity index (χ1) is 14.2. The highest BCUT2D eigenvalue weighted by Crippen LogP contribution is 2.30. The number of benzene rings is 1. The molecule has 1 aliphatic rings. The third kappa shape index (κ3) is 4.17. The maximum atomic E-state index is 13.4. The van der Waals surface area contributed by atoms with Crippen LogP contribution in [-0.4, -0.2) is 44.7 Å². The quantitative estimate of drug-likeness (QED) is 0.586. The Bertz CT molecular complexity index is 1060. The van der Waals surface area contributed by atoms with Crippen molar-refractivity contribution < 1.29 is 4.21 Å². The van der Waals surface area contributed by atoms with Crippen LogP contribution in [0.1, 0.15) is 24.5 Å². The summed E-state index contributed by atoms with van der Waals surface area (Å²) in [5.74, 6) is -0.414. The maximum Gasteiger partial charge on any atom is 0.158 e. The largest absolute Gasteiger partial charge is 0.317 e. The second-order valence-electron chi connectivity index (χ2n) is 6.93. The summed E-state index contributed by atoms with van der Waals surface area (Å²) in [6.07, 6.45) is 6.69. The van der Waals surface area contributed by atoms with Crippen molar-refractivity contribution >= 4 is 46.0 Å². The Morgan fingerprint density at radius 3 is 2.76 bits per heavy atom. The fourth-order valence-electron chi connectivity index (χ4n) is 3.49. The lowest BCUT2D eigenvalue weighted by Gasteiger charge is -2.19. The lowest BCUT2D eigenvalue weighted by molar-refractivity contribution is 0.460. The second kappa shape index (κ2) is 8.98. The van der Waals surface area contributed by atoms with Crippen molar-refractivity contribution in [3.05, 3.63) is 59.4 Å². The molecule has 4 rings (SSSR count). The van der Waals surface area contributed by atoms with E-state index in [1.165, 1.54) is 6.21 Å². The molecule has 3 heterocycles. The van der Waals surface area contributed by atoms with E-state index in [0.717, 1.165) is 31.3 Å². The Kier molecular flexibility index (Phi) is 6.18. The number of halogens is 1. The number of nitrogens with one attached hydrogen (secondary N) is 2. The minimum atomic E-state index is -1.52. The van der Waals surface area contributed by atoms with Crippen LogP contribution >= 0.6 is 11.6 Å². The lowest BCUT2D eigenvalue weighted by Crippen LogP contribution is -2.30. The van der Waals surface area contributed by atoms with Crippen LogP contribution in [0.4, 0.5) is 0 Å². The average Bonchev–Trinajstić information content (AvgIpc) is 3.16. The van der Waals surface area contributed by atoms with Crippen LogP contribution in [-0.2, 0) is 11.0 Å². The molecule has 0 saturated carbocycles. The van der Waals surface area contributed by atoms with Crippen LogP contribution in [0.15, 0.2) is 58.5 Å². The van der Waals surface area contributed by atoms with Crippen LogP contribution in [0.3, 0.4) is 0 Å². The molecule has 1 aromatic carbocycles. The fourth-order valence-corrected chi connectivity index (χ4v) is 4.95. The first-order valence-electron chi connectivity index (χ1n) is 9.57. The summed E-state index contributed by atoms with van der Waals surface area (Å²) in [4.78, 5) is 9.81. The normalized spacial score (nSPS) is 17.6. The van der Waals surface area contributed by atoms with E-state index in [1.54, 1.807) is 22.5 Å². The predicted octanol–water partition coefficient (Wildman–Crippen LogP) is 3.82. The molecule has 0 aliphatic carbocycles. The molecule has 2 unspecified atom stereocenters. The van der Waals surface area contributed by atoms with Gasteiger partial charge in [-0.05, 0) is 50.2 Å². The molecule has 150 valence electrons. The zero-order chi connectivity index (χ0) is 20.2. The maximum absolute atomic E-state index is 13.4. The van der Waals surface area contributed by atoms with Gasteiger partial charge in [-0.1, -0.05) is 29.8 Å². The molecule has 1 aliphatic heterocycles. The summed E-state index contributed by atoms with van der Waals surface area (Å²) >= 11 is 6.39. The highest BCUT2D eigenvalue weighted by molar-refractivity contribution is 7.83. The third-order valence-electron chi connectivity index (χ3n) is 5.03. The third-order valence-corrected chi connectivity index (χ3v) is 6.75. The second-order valence-corrected chi connectivity index (χ2v) is 8.67. The van der Waals surface area contributed by atoms with E-state index in [4.69, 9.17) is 22.0 Å². The predicted molar refractivity (Wildman–Crippen MR) is 119 cm³/mol. The fraction of sp³-hybridized carbons (Fsp3) is 0.286. The summed E-state index contributed by atoms with van der Waals surface area (Å²) < 4.78 is 15.1. The van der Waals surface area contributed by atoms with Gasteiger partial charge in [0.25, 0.3) is 0 Å². The van der Waals surface area contributed by atoms with Gasteiger partial charge in [-0.3, -0.25) is 4.99 Å². The molecule has 8 heteroatoms. The molecule has 6 nitrogen and oxygen atoms in total. The molecule has 0 amide bonds. The standard InChI is InChI=1S/C21H22ClN5OS/c22-19-8-11-25-21-18(19)12-20(27(21)29(28)17-4-2-1-3-5-17)15(13-23)14-26-16-6-9-24-10-7-16/h1-5,8,11-16,23-24H,6-7,9-10H2. The summed E-state index contributed by atoms with van der Waals surface area (Å²) in [5.41, 5.74) is 1.23. The summed E-state index contributed by atoms with van der Waals surface area (Å²) in [6.45, 7) is 1.91. The van der Waals surface area contributed by atoms with E-state index in [0.29, 0.717) is 21.3 Å². The molecule has 0 radical (unpaired) electrons. The first-order valence-corrected chi connectivity index (χ1v) is 11.1. The van der Waals surface area contributed by atoms with Crippen LogP contribution < -0.4 is 5.32 Å². The average molecular weight is 428 g/mol. The highest BCUT2D eigenvalue weighted by Gasteiger charge is 2.23. The topological polar surface area (TPSA) is 83.1 Å². The molecule has 2 atom stereocenters.